The van der Waals surface area contributed by atoms with Crippen LogP contribution in [-0.4, -0.2) is 50.1 Å². The number of thiazole rings is 1. The topological polar surface area (TPSA) is 123 Å². The summed E-state index contributed by atoms with van der Waals surface area (Å²) in [4.78, 5) is 24.7. The summed E-state index contributed by atoms with van der Waals surface area (Å²) < 4.78 is 31.5. The van der Waals surface area contributed by atoms with E-state index in [1.807, 2.05) is 63.6 Å². The van der Waals surface area contributed by atoms with Crippen molar-refractivity contribution in [2.75, 3.05) is 11.9 Å². The van der Waals surface area contributed by atoms with Crippen LogP contribution in [-0.2, 0) is 34.3 Å². The summed E-state index contributed by atoms with van der Waals surface area (Å²) in [7, 11) is -3.74. The summed E-state index contributed by atoms with van der Waals surface area (Å²) in [6.45, 7) is 13.3. The van der Waals surface area contributed by atoms with Crippen LogP contribution in [0.25, 0.3) is 11.0 Å². The van der Waals surface area contributed by atoms with E-state index >= 15 is 0 Å². The van der Waals surface area contributed by atoms with Crippen LogP contribution in [0, 0.1) is 25.2 Å². The minimum atomic E-state index is -3.74. The second-order valence-electron chi connectivity index (χ2n) is 12.8. The summed E-state index contributed by atoms with van der Waals surface area (Å²) in [5.74, 6) is -0.447. The lowest BCUT2D eigenvalue weighted by Gasteiger charge is -2.33. The van der Waals surface area contributed by atoms with Gasteiger partial charge < -0.3 is 5.32 Å². The SMILES string of the molecule is CC[C@H]1Cc2ccccc2S(=O)(=O)N(Cc2nc(C(c3ccc4c(nnn4CC)c3C)C(C)(C)C(=O)Nc3cccnc3)sc2C)C1. The van der Waals surface area contributed by atoms with E-state index in [9.17, 15) is 13.2 Å². The zero-order valence-electron chi connectivity index (χ0n) is 27.7. The van der Waals surface area contributed by atoms with E-state index in [1.54, 1.807) is 34.9 Å². The maximum absolute atomic E-state index is 14.1. The Bertz CT molecular complexity index is 2040. The highest BCUT2D eigenvalue weighted by Gasteiger charge is 2.43. The molecule has 10 nitrogen and oxygen atoms in total. The molecule has 246 valence electrons. The molecule has 1 N–H and O–H groups in total. The van der Waals surface area contributed by atoms with Gasteiger partial charge in [-0.3, -0.25) is 9.78 Å². The first-order valence-electron chi connectivity index (χ1n) is 16.0. The Morgan fingerprint density at radius 1 is 1.11 bits per heavy atom. The minimum Gasteiger partial charge on any atom is -0.324 e. The molecule has 0 saturated carbocycles. The normalized spacial score (nSPS) is 17.3. The molecule has 0 aliphatic carbocycles. The number of aryl methyl sites for hydroxylation is 3. The van der Waals surface area contributed by atoms with Crippen molar-refractivity contribution in [1.82, 2.24) is 29.3 Å². The molecule has 0 bridgehead atoms. The highest BCUT2D eigenvalue weighted by Crippen LogP contribution is 2.46. The van der Waals surface area contributed by atoms with Gasteiger partial charge in [-0.1, -0.05) is 56.7 Å². The van der Waals surface area contributed by atoms with Crippen molar-refractivity contribution < 1.29 is 13.2 Å². The molecule has 1 amide bonds. The molecule has 3 aromatic heterocycles. The number of rotatable bonds is 9. The molecule has 2 aromatic carbocycles. The number of carbonyl (C=O) groups excluding carboxylic acids is 1. The van der Waals surface area contributed by atoms with Crippen LogP contribution in [0.4, 0.5) is 5.69 Å². The quantitative estimate of drug-likeness (QED) is 0.190. The molecule has 0 radical (unpaired) electrons. The lowest BCUT2D eigenvalue weighted by molar-refractivity contribution is -0.124. The van der Waals surface area contributed by atoms with Crippen LogP contribution in [0.15, 0.2) is 65.8 Å². The molecule has 1 aliphatic rings. The van der Waals surface area contributed by atoms with Crippen molar-refractivity contribution in [2.24, 2.45) is 11.3 Å². The monoisotopic (exact) mass is 671 g/mol. The predicted octanol–water partition coefficient (Wildman–Crippen LogP) is 6.49. The first kappa shape index (κ1) is 32.9. The third kappa shape index (κ3) is 6.10. The Morgan fingerprint density at radius 2 is 1.89 bits per heavy atom. The van der Waals surface area contributed by atoms with E-state index < -0.39 is 21.4 Å². The maximum Gasteiger partial charge on any atom is 0.243 e. The average Bonchev–Trinajstić information content (AvgIpc) is 3.62. The molecule has 1 aliphatic heterocycles. The molecule has 12 heteroatoms. The largest absolute Gasteiger partial charge is 0.324 e. The third-order valence-electron chi connectivity index (χ3n) is 9.44. The number of benzene rings is 2. The first-order chi connectivity index (χ1) is 22.4. The summed E-state index contributed by atoms with van der Waals surface area (Å²) in [6.07, 6.45) is 4.88. The standard InChI is InChI=1S/C35H41N7O3S2/c1-7-24-18-25-12-9-10-14-30(25)47(44,45)41(20-24)21-28-23(4)46-33(38-28)31(35(5,6)34(43)37-26-13-11-17-36-19-26)27-15-16-29-32(22(27)3)39-40-42(29)8-2/h9-17,19,24,31H,7-8,18,20-21H2,1-6H3,(H,37,43)/t24-,31?/m0/s1. The van der Waals surface area contributed by atoms with Gasteiger partial charge in [-0.25, -0.2) is 18.1 Å². The van der Waals surface area contributed by atoms with Crippen molar-refractivity contribution in [3.05, 3.63) is 93.2 Å². The van der Waals surface area contributed by atoms with Crippen LogP contribution in [0.2, 0.25) is 0 Å². The van der Waals surface area contributed by atoms with Gasteiger partial charge in [0.2, 0.25) is 15.9 Å². The number of sulfonamides is 1. The summed E-state index contributed by atoms with van der Waals surface area (Å²) >= 11 is 1.51. The van der Waals surface area contributed by atoms with Crippen molar-refractivity contribution in [3.63, 3.8) is 0 Å². The molecule has 0 saturated heterocycles. The Morgan fingerprint density at radius 3 is 2.62 bits per heavy atom. The number of amides is 1. The van der Waals surface area contributed by atoms with E-state index in [1.165, 1.54) is 11.3 Å². The number of aromatic nitrogens is 5. The van der Waals surface area contributed by atoms with Gasteiger partial charge in [0.1, 0.15) is 10.5 Å². The zero-order valence-corrected chi connectivity index (χ0v) is 29.3. The van der Waals surface area contributed by atoms with Crippen molar-refractivity contribution >= 4 is 44.0 Å². The van der Waals surface area contributed by atoms with Gasteiger partial charge in [-0.2, -0.15) is 4.31 Å². The van der Waals surface area contributed by atoms with E-state index in [4.69, 9.17) is 4.98 Å². The number of nitrogens with zero attached hydrogens (tertiary/aromatic N) is 6. The number of hydrogen-bond donors (Lipinski definition) is 1. The number of fused-ring (bicyclic) bond motifs is 2. The van der Waals surface area contributed by atoms with Crippen molar-refractivity contribution in [3.8, 4) is 0 Å². The fourth-order valence-corrected chi connectivity index (χ4v) is 9.50. The van der Waals surface area contributed by atoms with E-state index in [-0.39, 0.29) is 18.4 Å². The molecule has 4 heterocycles. The number of nitrogens with one attached hydrogen (secondary N) is 1. The van der Waals surface area contributed by atoms with Crippen molar-refractivity contribution in [2.45, 2.75) is 78.3 Å². The Kier molecular flexibility index (Phi) is 9.03. The molecule has 0 fully saturated rings. The van der Waals surface area contributed by atoms with E-state index in [0.29, 0.717) is 29.4 Å². The molecular weight excluding hydrogens is 631 g/mol. The molecule has 1 unspecified atom stereocenters. The van der Waals surface area contributed by atoms with Gasteiger partial charge >= 0.3 is 0 Å². The second-order valence-corrected chi connectivity index (χ2v) is 16.0. The lowest BCUT2D eigenvalue weighted by Crippen LogP contribution is -2.37. The molecule has 47 heavy (non-hydrogen) atoms. The zero-order chi connectivity index (χ0) is 33.5. The average molecular weight is 672 g/mol. The first-order valence-corrected chi connectivity index (χ1v) is 18.3. The Balaban J connectivity index is 1.43. The lowest BCUT2D eigenvalue weighted by atomic mass is 9.73. The third-order valence-corrected chi connectivity index (χ3v) is 12.4. The highest BCUT2D eigenvalue weighted by atomic mass is 32.2. The van der Waals surface area contributed by atoms with E-state index in [0.717, 1.165) is 50.5 Å². The summed E-state index contributed by atoms with van der Waals surface area (Å²) in [5, 5.41) is 12.6. The van der Waals surface area contributed by atoms with E-state index in [2.05, 4.69) is 33.6 Å². The molecule has 6 rings (SSSR count). The number of hydrogen-bond acceptors (Lipinski definition) is 8. The van der Waals surface area contributed by atoms with Gasteiger partial charge in [0.25, 0.3) is 0 Å². The van der Waals surface area contributed by atoms with Crippen LogP contribution in [0.3, 0.4) is 0 Å². The summed E-state index contributed by atoms with van der Waals surface area (Å²) in [6, 6.07) is 15.0. The van der Waals surface area contributed by atoms with Gasteiger partial charge in [0.15, 0.2) is 0 Å². The van der Waals surface area contributed by atoms with Crippen LogP contribution < -0.4 is 5.32 Å². The minimum absolute atomic E-state index is 0.160. The summed E-state index contributed by atoms with van der Waals surface area (Å²) in [5.41, 5.74) is 4.77. The molecule has 2 atom stereocenters. The molecule has 5 aromatic rings. The van der Waals surface area contributed by atoms with Crippen LogP contribution >= 0.6 is 11.3 Å². The molecular formula is C35H41N7O3S2. The molecule has 0 spiro atoms. The van der Waals surface area contributed by atoms with Gasteiger partial charge in [-0.15, -0.1) is 16.4 Å². The fraction of sp³-hybridized carbons (Fsp3) is 0.400. The second kappa shape index (κ2) is 12.9. The van der Waals surface area contributed by atoms with Crippen LogP contribution in [0.5, 0.6) is 0 Å². The fourth-order valence-electron chi connectivity index (χ4n) is 6.55. The maximum atomic E-state index is 14.1. The Hall–Kier alpha value is -4.00. The highest BCUT2D eigenvalue weighted by molar-refractivity contribution is 7.89. The van der Waals surface area contributed by atoms with Gasteiger partial charge in [0.05, 0.1) is 45.9 Å². The number of pyridine rings is 1. The predicted molar refractivity (Wildman–Crippen MR) is 185 cm³/mol. The van der Waals surface area contributed by atoms with Crippen molar-refractivity contribution in [1.29, 1.82) is 0 Å². The van der Waals surface area contributed by atoms with Gasteiger partial charge in [-0.05, 0) is 74.1 Å². The van der Waals surface area contributed by atoms with Gasteiger partial charge in [0, 0.05) is 24.2 Å². The Labute approximate surface area is 280 Å². The smallest absolute Gasteiger partial charge is 0.243 e. The number of carbonyl (C=O) groups is 1. The number of anilines is 1. The van der Waals surface area contributed by atoms with Crippen LogP contribution in [0.1, 0.15) is 72.3 Å².